The topological polar surface area (TPSA) is 41.6 Å². The van der Waals surface area contributed by atoms with Crippen LogP contribution in [0.1, 0.15) is 23.7 Å². The van der Waals surface area contributed by atoms with Crippen LogP contribution in [0.4, 0.5) is 4.39 Å². The van der Waals surface area contributed by atoms with E-state index in [4.69, 9.17) is 4.74 Å². The summed E-state index contributed by atoms with van der Waals surface area (Å²) in [6.07, 6.45) is 0.956. The highest BCUT2D eigenvalue weighted by molar-refractivity contribution is 5.94. The molecule has 0 saturated carbocycles. The van der Waals surface area contributed by atoms with Crippen LogP contribution in [0.15, 0.2) is 18.2 Å². The summed E-state index contributed by atoms with van der Waals surface area (Å²) < 4.78 is 18.3. The zero-order chi connectivity index (χ0) is 13.8. The summed E-state index contributed by atoms with van der Waals surface area (Å²) in [4.78, 5) is 14.3. The number of rotatable bonds is 4. The third-order valence-corrected chi connectivity index (χ3v) is 3.47. The SMILES string of the molecule is CCN(C(=O)c1ccc(F)c(OC)c1)C1CCNC1. The average molecular weight is 266 g/mol. The molecule has 1 N–H and O–H groups in total. The summed E-state index contributed by atoms with van der Waals surface area (Å²) in [5.41, 5.74) is 0.465. The molecule has 0 radical (unpaired) electrons. The van der Waals surface area contributed by atoms with Gasteiger partial charge < -0.3 is 15.0 Å². The van der Waals surface area contributed by atoms with E-state index in [2.05, 4.69) is 5.32 Å². The Morgan fingerprint density at radius 3 is 2.95 bits per heavy atom. The molecule has 0 aromatic heterocycles. The normalized spacial score (nSPS) is 18.4. The fourth-order valence-electron chi connectivity index (χ4n) is 2.43. The number of nitrogens with zero attached hydrogens (tertiary/aromatic N) is 1. The number of halogens is 1. The van der Waals surface area contributed by atoms with Gasteiger partial charge in [0.25, 0.3) is 5.91 Å². The Balaban J connectivity index is 2.21. The standard InChI is InChI=1S/C14H19FN2O2/c1-3-17(11-6-7-16-9-11)14(18)10-4-5-12(15)13(8-10)19-2/h4-5,8,11,16H,3,6-7,9H2,1-2H3. The van der Waals surface area contributed by atoms with Crippen LogP contribution in [-0.2, 0) is 0 Å². The molecule has 0 bridgehead atoms. The summed E-state index contributed by atoms with van der Waals surface area (Å²) in [6, 6.07) is 4.45. The van der Waals surface area contributed by atoms with Gasteiger partial charge >= 0.3 is 0 Å². The van der Waals surface area contributed by atoms with Crippen LogP contribution in [0.5, 0.6) is 5.75 Å². The molecular weight excluding hydrogens is 247 g/mol. The van der Waals surface area contributed by atoms with Gasteiger partial charge in [0.05, 0.1) is 7.11 Å². The van der Waals surface area contributed by atoms with Crippen LogP contribution < -0.4 is 10.1 Å². The van der Waals surface area contributed by atoms with Gasteiger partial charge in [-0.1, -0.05) is 0 Å². The van der Waals surface area contributed by atoms with Crippen LogP contribution in [-0.4, -0.2) is 43.6 Å². The Kier molecular flexibility index (Phi) is 4.37. The van der Waals surface area contributed by atoms with Gasteiger partial charge in [0.2, 0.25) is 0 Å². The highest BCUT2D eigenvalue weighted by atomic mass is 19.1. The maximum atomic E-state index is 13.4. The second kappa shape index (κ2) is 6.02. The molecule has 104 valence electrons. The molecule has 19 heavy (non-hydrogen) atoms. The van der Waals surface area contributed by atoms with E-state index in [0.29, 0.717) is 12.1 Å². The molecule has 1 aromatic rings. The highest BCUT2D eigenvalue weighted by Gasteiger charge is 2.26. The molecule has 1 atom stereocenters. The first-order valence-corrected chi connectivity index (χ1v) is 6.52. The number of nitrogens with one attached hydrogen (secondary N) is 1. The molecule has 2 rings (SSSR count). The third-order valence-electron chi connectivity index (χ3n) is 3.47. The number of hydrogen-bond donors (Lipinski definition) is 1. The average Bonchev–Trinajstić information content (AvgIpc) is 2.94. The van der Waals surface area contributed by atoms with E-state index >= 15 is 0 Å². The molecule has 0 spiro atoms. The van der Waals surface area contributed by atoms with Gasteiger partial charge in [0.1, 0.15) is 0 Å². The first kappa shape index (κ1) is 13.8. The predicted molar refractivity (Wildman–Crippen MR) is 70.9 cm³/mol. The first-order chi connectivity index (χ1) is 9.17. The molecule has 1 unspecified atom stereocenters. The molecule has 1 fully saturated rings. The van der Waals surface area contributed by atoms with Gasteiger partial charge in [-0.3, -0.25) is 4.79 Å². The van der Waals surface area contributed by atoms with E-state index < -0.39 is 5.82 Å². The van der Waals surface area contributed by atoms with E-state index in [1.165, 1.54) is 25.3 Å². The van der Waals surface area contributed by atoms with Crippen molar-refractivity contribution < 1.29 is 13.9 Å². The van der Waals surface area contributed by atoms with Gasteiger partial charge in [-0.15, -0.1) is 0 Å². The second-order valence-corrected chi connectivity index (χ2v) is 4.59. The summed E-state index contributed by atoms with van der Waals surface area (Å²) in [7, 11) is 1.39. The monoisotopic (exact) mass is 266 g/mol. The molecule has 1 aromatic carbocycles. The van der Waals surface area contributed by atoms with Crippen molar-refractivity contribution in [2.75, 3.05) is 26.7 Å². The lowest BCUT2D eigenvalue weighted by molar-refractivity contribution is 0.0703. The number of amides is 1. The smallest absolute Gasteiger partial charge is 0.254 e. The van der Waals surface area contributed by atoms with Gasteiger partial charge in [-0.25, -0.2) is 4.39 Å². The molecule has 1 aliphatic rings. The van der Waals surface area contributed by atoms with Crippen LogP contribution >= 0.6 is 0 Å². The Hall–Kier alpha value is -1.62. The molecule has 0 aliphatic carbocycles. The highest BCUT2D eigenvalue weighted by Crippen LogP contribution is 2.20. The lowest BCUT2D eigenvalue weighted by Gasteiger charge is -2.27. The molecule has 1 saturated heterocycles. The molecule has 1 aliphatic heterocycles. The third kappa shape index (κ3) is 2.87. The fourth-order valence-corrected chi connectivity index (χ4v) is 2.43. The van der Waals surface area contributed by atoms with Crippen molar-refractivity contribution in [3.8, 4) is 5.75 Å². The fraction of sp³-hybridized carbons (Fsp3) is 0.500. The number of carbonyl (C=O) groups excluding carboxylic acids is 1. The van der Waals surface area contributed by atoms with Crippen molar-refractivity contribution >= 4 is 5.91 Å². The van der Waals surface area contributed by atoms with Crippen molar-refractivity contribution in [2.24, 2.45) is 0 Å². The van der Waals surface area contributed by atoms with Crippen LogP contribution in [0, 0.1) is 5.82 Å². The maximum Gasteiger partial charge on any atom is 0.254 e. The van der Waals surface area contributed by atoms with Crippen LogP contribution in [0.3, 0.4) is 0 Å². The van der Waals surface area contributed by atoms with Crippen LogP contribution in [0.2, 0.25) is 0 Å². The van der Waals surface area contributed by atoms with E-state index in [9.17, 15) is 9.18 Å². The Bertz CT molecular complexity index is 459. The molecule has 1 amide bonds. The van der Waals surface area contributed by atoms with E-state index in [1.807, 2.05) is 11.8 Å². The summed E-state index contributed by atoms with van der Waals surface area (Å²) in [6.45, 7) is 4.35. The van der Waals surface area contributed by atoms with E-state index in [0.717, 1.165) is 19.5 Å². The van der Waals surface area contributed by atoms with Gasteiger partial charge in [0.15, 0.2) is 11.6 Å². The first-order valence-electron chi connectivity index (χ1n) is 6.52. The van der Waals surface area contributed by atoms with Crippen molar-refractivity contribution in [3.63, 3.8) is 0 Å². The minimum absolute atomic E-state index is 0.0745. The van der Waals surface area contributed by atoms with Gasteiger partial charge in [-0.05, 0) is 38.1 Å². The number of hydrogen-bond acceptors (Lipinski definition) is 3. The Morgan fingerprint density at radius 2 is 2.37 bits per heavy atom. The quantitative estimate of drug-likeness (QED) is 0.901. The number of methoxy groups -OCH3 is 1. The summed E-state index contributed by atoms with van der Waals surface area (Å²) in [5.74, 6) is -0.425. The number of likely N-dealkylation sites (N-methyl/N-ethyl adjacent to an activating group) is 1. The zero-order valence-corrected chi connectivity index (χ0v) is 11.3. The largest absolute Gasteiger partial charge is 0.494 e. The molecule has 5 heteroatoms. The van der Waals surface area contributed by atoms with Crippen LogP contribution in [0.25, 0.3) is 0 Å². The maximum absolute atomic E-state index is 13.4. The molecule has 4 nitrogen and oxygen atoms in total. The molecule has 1 heterocycles. The van der Waals surface area contributed by atoms with E-state index in [-0.39, 0.29) is 17.7 Å². The lowest BCUT2D eigenvalue weighted by Crippen LogP contribution is -2.41. The van der Waals surface area contributed by atoms with Gasteiger partial charge in [-0.2, -0.15) is 0 Å². The summed E-state index contributed by atoms with van der Waals surface area (Å²) in [5, 5.41) is 3.25. The second-order valence-electron chi connectivity index (χ2n) is 4.59. The summed E-state index contributed by atoms with van der Waals surface area (Å²) >= 11 is 0. The van der Waals surface area contributed by atoms with Gasteiger partial charge in [0, 0.05) is 24.7 Å². The minimum atomic E-state index is -0.454. The Labute approximate surface area is 112 Å². The van der Waals surface area contributed by atoms with E-state index in [1.54, 1.807) is 0 Å². The molecular formula is C14H19FN2O2. The van der Waals surface area contributed by atoms with Crippen molar-refractivity contribution in [1.29, 1.82) is 0 Å². The minimum Gasteiger partial charge on any atom is -0.494 e. The van der Waals surface area contributed by atoms with Crippen molar-refractivity contribution in [3.05, 3.63) is 29.6 Å². The number of carbonyl (C=O) groups is 1. The number of ether oxygens (including phenoxy) is 1. The number of benzene rings is 1. The Morgan fingerprint density at radius 1 is 1.58 bits per heavy atom. The predicted octanol–water partition coefficient (Wildman–Crippen LogP) is 1.66. The van der Waals surface area contributed by atoms with Crippen molar-refractivity contribution in [1.82, 2.24) is 10.2 Å². The lowest BCUT2D eigenvalue weighted by atomic mass is 10.1. The zero-order valence-electron chi connectivity index (χ0n) is 11.3. The van der Waals surface area contributed by atoms with Crippen molar-refractivity contribution in [2.45, 2.75) is 19.4 Å².